The van der Waals surface area contributed by atoms with Crippen LogP contribution in [0, 0.1) is 6.92 Å². The number of carbonyl (C=O) groups excluding carboxylic acids is 1. The van der Waals surface area contributed by atoms with Gasteiger partial charge in [-0.3, -0.25) is 9.10 Å². The first-order chi connectivity index (χ1) is 16.2. The predicted octanol–water partition coefficient (Wildman–Crippen LogP) is 5.88. The summed E-state index contributed by atoms with van der Waals surface area (Å²) >= 11 is 12.7. The van der Waals surface area contributed by atoms with Crippen molar-refractivity contribution in [3.63, 3.8) is 0 Å². The lowest BCUT2D eigenvalue weighted by Gasteiger charge is -2.36. The molecule has 0 amide bonds. The average molecular weight is 520 g/mol. The number of nitrogens with zero attached hydrogens (tertiary/aromatic N) is 1. The van der Waals surface area contributed by atoms with E-state index in [1.54, 1.807) is 48.5 Å². The molecule has 0 N–H and O–H groups in total. The summed E-state index contributed by atoms with van der Waals surface area (Å²) in [5.74, 6) is -0.0649. The summed E-state index contributed by atoms with van der Waals surface area (Å²) in [5.41, 5.74) is 2.58. The number of fused-ring (bicyclic) bond motifs is 1. The highest BCUT2D eigenvalue weighted by Gasteiger charge is 2.35. The van der Waals surface area contributed by atoms with Crippen LogP contribution in [-0.4, -0.2) is 34.1 Å². The van der Waals surface area contributed by atoms with Crippen molar-refractivity contribution in [3.05, 3.63) is 76.3 Å². The van der Waals surface area contributed by atoms with Gasteiger partial charge in [0, 0.05) is 23.1 Å². The van der Waals surface area contributed by atoms with E-state index in [9.17, 15) is 13.2 Å². The molecule has 1 atom stereocenters. The van der Waals surface area contributed by atoms with Crippen LogP contribution in [0.5, 0.6) is 5.75 Å². The fourth-order valence-corrected chi connectivity index (χ4v) is 5.93. The third-order valence-corrected chi connectivity index (χ3v) is 7.92. The minimum absolute atomic E-state index is 0.0386. The smallest absolute Gasteiger partial charge is 0.305 e. The summed E-state index contributed by atoms with van der Waals surface area (Å²) < 4.78 is 39.6. The van der Waals surface area contributed by atoms with Crippen molar-refractivity contribution in [1.29, 1.82) is 0 Å². The minimum Gasteiger partial charge on any atom is -0.486 e. The van der Waals surface area contributed by atoms with Crippen molar-refractivity contribution >= 4 is 44.9 Å². The quantitative estimate of drug-likeness (QED) is 0.380. The molecule has 0 radical (unpaired) electrons. The predicted molar refractivity (Wildman–Crippen MR) is 133 cm³/mol. The number of rotatable bonds is 6. The van der Waals surface area contributed by atoms with E-state index in [2.05, 4.69) is 0 Å². The second-order valence-electron chi connectivity index (χ2n) is 8.02. The Balaban J connectivity index is 1.82. The molecular weight excluding hydrogens is 497 g/mol. The number of aryl methyl sites for hydroxylation is 1. The number of ether oxygens (including phenoxy) is 2. The lowest BCUT2D eigenvalue weighted by Crippen LogP contribution is -2.43. The molecule has 1 aliphatic heterocycles. The van der Waals surface area contributed by atoms with E-state index >= 15 is 0 Å². The Hall–Kier alpha value is -2.74. The maximum absolute atomic E-state index is 13.8. The first-order valence-corrected chi connectivity index (χ1v) is 12.8. The molecule has 9 heteroatoms. The highest BCUT2D eigenvalue weighted by Crippen LogP contribution is 2.44. The summed E-state index contributed by atoms with van der Waals surface area (Å²) in [4.78, 5) is 11.9. The SMILES string of the molecule is COC(=O)CC[C@H]1CN(S(=O)(=O)c2cccc(C)c2)c2cc(-c3cccc(Cl)c3)c(Cl)cc2O1. The molecule has 4 rings (SSSR count). The second kappa shape index (κ2) is 9.86. The van der Waals surface area contributed by atoms with Crippen LogP contribution in [0.4, 0.5) is 5.69 Å². The number of benzene rings is 3. The van der Waals surface area contributed by atoms with E-state index < -0.39 is 22.1 Å². The molecule has 6 nitrogen and oxygen atoms in total. The van der Waals surface area contributed by atoms with Crippen LogP contribution in [0.1, 0.15) is 18.4 Å². The molecule has 1 heterocycles. The highest BCUT2D eigenvalue weighted by atomic mass is 35.5. The van der Waals surface area contributed by atoms with Crippen LogP contribution >= 0.6 is 23.2 Å². The highest BCUT2D eigenvalue weighted by molar-refractivity contribution is 7.92. The number of carbonyl (C=O) groups is 1. The van der Waals surface area contributed by atoms with Gasteiger partial charge >= 0.3 is 5.97 Å². The zero-order chi connectivity index (χ0) is 24.5. The minimum atomic E-state index is -3.93. The molecule has 0 saturated carbocycles. The van der Waals surface area contributed by atoms with E-state index in [0.29, 0.717) is 33.5 Å². The molecule has 0 bridgehead atoms. The van der Waals surface area contributed by atoms with Crippen molar-refractivity contribution in [1.82, 2.24) is 0 Å². The first-order valence-electron chi connectivity index (χ1n) is 10.6. The molecule has 0 fully saturated rings. The maximum atomic E-state index is 13.8. The Labute approximate surface area is 209 Å². The topological polar surface area (TPSA) is 72.9 Å². The van der Waals surface area contributed by atoms with E-state index in [1.807, 2.05) is 19.1 Å². The zero-order valence-electron chi connectivity index (χ0n) is 18.6. The standard InChI is InChI=1S/C25H23Cl2NO5S/c1-16-5-3-8-20(11-16)34(30,31)28-15-19(9-10-25(29)32-2)33-24-14-22(27)21(13-23(24)28)17-6-4-7-18(26)12-17/h3-8,11-14,19H,9-10,15H2,1-2H3/t19-/m0/s1. The summed E-state index contributed by atoms with van der Waals surface area (Å²) in [6, 6.07) is 17.2. The number of hydrogen-bond acceptors (Lipinski definition) is 5. The Morgan fingerprint density at radius 2 is 1.88 bits per heavy atom. The maximum Gasteiger partial charge on any atom is 0.305 e. The normalized spacial score (nSPS) is 15.4. The van der Waals surface area contributed by atoms with Gasteiger partial charge in [0.1, 0.15) is 11.9 Å². The van der Waals surface area contributed by atoms with E-state index in [4.69, 9.17) is 32.7 Å². The van der Waals surface area contributed by atoms with Gasteiger partial charge in [-0.05, 0) is 54.8 Å². The van der Waals surface area contributed by atoms with Crippen LogP contribution in [0.3, 0.4) is 0 Å². The Kier molecular flexibility index (Phi) is 7.07. The van der Waals surface area contributed by atoms with Crippen molar-refractivity contribution in [2.45, 2.75) is 30.8 Å². The average Bonchev–Trinajstić information content (AvgIpc) is 2.81. The van der Waals surface area contributed by atoms with Crippen LogP contribution in [-0.2, 0) is 19.6 Å². The van der Waals surface area contributed by atoms with Crippen LogP contribution in [0.25, 0.3) is 11.1 Å². The number of sulfonamides is 1. The lowest BCUT2D eigenvalue weighted by atomic mass is 10.0. The molecule has 0 aromatic heterocycles. The Bertz CT molecular complexity index is 1340. The summed E-state index contributed by atoms with van der Waals surface area (Å²) in [5, 5.41) is 0.928. The zero-order valence-corrected chi connectivity index (χ0v) is 21.0. The van der Waals surface area contributed by atoms with Crippen molar-refractivity contribution < 1.29 is 22.7 Å². The van der Waals surface area contributed by atoms with Gasteiger partial charge in [-0.1, -0.05) is 47.5 Å². The fourth-order valence-electron chi connectivity index (χ4n) is 3.87. The molecule has 0 aliphatic carbocycles. The van der Waals surface area contributed by atoms with Gasteiger partial charge in [-0.2, -0.15) is 0 Å². The number of halogens is 2. The van der Waals surface area contributed by atoms with Crippen molar-refractivity contribution in [2.24, 2.45) is 0 Å². The van der Waals surface area contributed by atoms with Crippen molar-refractivity contribution in [2.75, 3.05) is 18.0 Å². The molecule has 0 unspecified atom stereocenters. The van der Waals surface area contributed by atoms with Crippen LogP contribution < -0.4 is 9.04 Å². The molecule has 3 aromatic rings. The molecule has 0 saturated heterocycles. The van der Waals surface area contributed by atoms with Gasteiger partial charge in [0.15, 0.2) is 0 Å². The molecular formula is C25H23Cl2NO5S. The lowest BCUT2D eigenvalue weighted by molar-refractivity contribution is -0.141. The van der Waals surface area contributed by atoms with Crippen LogP contribution in [0.15, 0.2) is 65.6 Å². The second-order valence-corrected chi connectivity index (χ2v) is 10.7. The number of hydrogen-bond donors (Lipinski definition) is 0. The van der Waals surface area contributed by atoms with Gasteiger partial charge in [-0.25, -0.2) is 8.42 Å². The summed E-state index contributed by atoms with van der Waals surface area (Å²) in [6.07, 6.45) is -0.165. The van der Waals surface area contributed by atoms with E-state index in [1.165, 1.54) is 11.4 Å². The van der Waals surface area contributed by atoms with E-state index in [0.717, 1.165) is 11.1 Å². The van der Waals surface area contributed by atoms with Gasteiger partial charge in [0.25, 0.3) is 10.0 Å². The van der Waals surface area contributed by atoms with Gasteiger partial charge in [0.05, 0.1) is 29.3 Å². The van der Waals surface area contributed by atoms with Crippen molar-refractivity contribution in [3.8, 4) is 16.9 Å². The number of esters is 1. The fraction of sp³-hybridized carbons (Fsp3) is 0.240. The van der Waals surface area contributed by atoms with Gasteiger partial charge in [-0.15, -0.1) is 0 Å². The molecule has 3 aromatic carbocycles. The third-order valence-electron chi connectivity index (χ3n) is 5.59. The molecule has 178 valence electrons. The number of anilines is 1. The van der Waals surface area contributed by atoms with E-state index in [-0.39, 0.29) is 17.9 Å². The molecule has 0 spiro atoms. The monoisotopic (exact) mass is 519 g/mol. The summed E-state index contributed by atoms with van der Waals surface area (Å²) in [6.45, 7) is 1.87. The van der Waals surface area contributed by atoms with Crippen LogP contribution in [0.2, 0.25) is 10.0 Å². The Morgan fingerprint density at radius 3 is 2.59 bits per heavy atom. The Morgan fingerprint density at radius 1 is 1.12 bits per heavy atom. The number of methoxy groups -OCH3 is 1. The first kappa shape index (κ1) is 24.4. The van der Waals surface area contributed by atoms with Gasteiger partial charge in [0.2, 0.25) is 0 Å². The van der Waals surface area contributed by atoms with Gasteiger partial charge < -0.3 is 9.47 Å². The molecule has 34 heavy (non-hydrogen) atoms. The summed E-state index contributed by atoms with van der Waals surface area (Å²) in [7, 11) is -2.62. The third kappa shape index (κ3) is 5.02. The largest absolute Gasteiger partial charge is 0.486 e. The molecule has 1 aliphatic rings.